The van der Waals surface area contributed by atoms with E-state index in [2.05, 4.69) is 20.0 Å². The van der Waals surface area contributed by atoms with E-state index in [1.54, 1.807) is 18.5 Å². The maximum Gasteiger partial charge on any atom is 0.244 e. The molecular formula is C19H19FN4O. The monoisotopic (exact) mass is 338 g/mol. The van der Waals surface area contributed by atoms with Crippen LogP contribution in [0.25, 0.3) is 11.4 Å². The summed E-state index contributed by atoms with van der Waals surface area (Å²) in [6.45, 7) is 1.44. The van der Waals surface area contributed by atoms with E-state index in [0.717, 1.165) is 31.4 Å². The number of halogens is 1. The minimum atomic E-state index is -0.173. The predicted octanol–water partition coefficient (Wildman–Crippen LogP) is 4.00. The van der Waals surface area contributed by atoms with Crippen LogP contribution in [0.4, 0.5) is 4.39 Å². The van der Waals surface area contributed by atoms with Gasteiger partial charge in [-0.15, -0.1) is 0 Å². The van der Waals surface area contributed by atoms with Gasteiger partial charge < -0.3 is 4.52 Å². The molecule has 128 valence electrons. The summed E-state index contributed by atoms with van der Waals surface area (Å²) in [6.07, 6.45) is 6.55. The Morgan fingerprint density at radius 2 is 2.08 bits per heavy atom. The van der Waals surface area contributed by atoms with Crippen molar-refractivity contribution in [1.82, 2.24) is 20.0 Å². The molecule has 0 N–H and O–H groups in total. The number of likely N-dealkylation sites (tertiary alicyclic amines) is 1. The normalized spacial score (nSPS) is 18.4. The second-order valence-electron chi connectivity index (χ2n) is 6.27. The van der Waals surface area contributed by atoms with Crippen LogP contribution in [0.5, 0.6) is 0 Å². The highest BCUT2D eigenvalue weighted by Gasteiger charge is 2.29. The van der Waals surface area contributed by atoms with Crippen LogP contribution in [0, 0.1) is 5.82 Å². The van der Waals surface area contributed by atoms with Crippen LogP contribution in [0.2, 0.25) is 0 Å². The van der Waals surface area contributed by atoms with Gasteiger partial charge in [0.15, 0.2) is 0 Å². The average Bonchev–Trinajstić information content (AvgIpc) is 3.15. The molecule has 3 heterocycles. The van der Waals surface area contributed by atoms with Crippen molar-refractivity contribution in [2.24, 2.45) is 0 Å². The maximum absolute atomic E-state index is 14.0. The van der Waals surface area contributed by atoms with Gasteiger partial charge in [-0.25, -0.2) is 4.39 Å². The number of nitrogens with zero attached hydrogens (tertiary/aromatic N) is 4. The summed E-state index contributed by atoms with van der Waals surface area (Å²) in [7, 11) is 0. The number of benzene rings is 1. The smallest absolute Gasteiger partial charge is 0.244 e. The zero-order valence-corrected chi connectivity index (χ0v) is 13.8. The first-order valence-corrected chi connectivity index (χ1v) is 8.53. The lowest BCUT2D eigenvalue weighted by Crippen LogP contribution is -2.33. The highest BCUT2D eigenvalue weighted by Crippen LogP contribution is 2.32. The van der Waals surface area contributed by atoms with Gasteiger partial charge in [-0.05, 0) is 37.6 Å². The summed E-state index contributed by atoms with van der Waals surface area (Å²) in [4.78, 5) is 10.9. The molecule has 0 bridgehead atoms. The van der Waals surface area contributed by atoms with Crippen LogP contribution in [-0.2, 0) is 6.54 Å². The van der Waals surface area contributed by atoms with Gasteiger partial charge in [-0.2, -0.15) is 4.98 Å². The number of aromatic nitrogens is 3. The van der Waals surface area contributed by atoms with E-state index in [4.69, 9.17) is 4.52 Å². The summed E-state index contributed by atoms with van der Waals surface area (Å²) in [5, 5.41) is 4.09. The summed E-state index contributed by atoms with van der Waals surface area (Å²) < 4.78 is 19.5. The summed E-state index contributed by atoms with van der Waals surface area (Å²) in [5.74, 6) is 0.961. The van der Waals surface area contributed by atoms with Crippen molar-refractivity contribution in [2.45, 2.75) is 31.8 Å². The van der Waals surface area contributed by atoms with Gasteiger partial charge in [0, 0.05) is 30.1 Å². The molecule has 0 unspecified atom stereocenters. The number of hydrogen-bond donors (Lipinski definition) is 0. The van der Waals surface area contributed by atoms with Crippen molar-refractivity contribution >= 4 is 0 Å². The van der Waals surface area contributed by atoms with E-state index >= 15 is 0 Å². The van der Waals surface area contributed by atoms with Crippen LogP contribution < -0.4 is 0 Å². The minimum absolute atomic E-state index is 0.0197. The van der Waals surface area contributed by atoms with Crippen molar-refractivity contribution in [1.29, 1.82) is 0 Å². The largest absolute Gasteiger partial charge is 0.337 e. The maximum atomic E-state index is 14.0. The molecule has 0 radical (unpaired) electrons. The second kappa shape index (κ2) is 7.11. The first kappa shape index (κ1) is 15.9. The molecular weight excluding hydrogens is 319 g/mol. The lowest BCUT2D eigenvalue weighted by atomic mass is 10.0. The molecule has 4 rings (SSSR count). The van der Waals surface area contributed by atoms with Crippen LogP contribution in [0.3, 0.4) is 0 Å². The van der Waals surface area contributed by atoms with E-state index in [1.807, 2.05) is 24.3 Å². The van der Waals surface area contributed by atoms with Gasteiger partial charge in [0.05, 0.1) is 6.04 Å². The molecule has 0 amide bonds. The van der Waals surface area contributed by atoms with Crippen LogP contribution in [0.1, 0.15) is 36.8 Å². The second-order valence-corrected chi connectivity index (χ2v) is 6.27. The Balaban J connectivity index is 1.57. The van der Waals surface area contributed by atoms with Gasteiger partial charge in [0.2, 0.25) is 11.7 Å². The Kier molecular flexibility index (Phi) is 4.52. The van der Waals surface area contributed by atoms with E-state index in [0.29, 0.717) is 23.8 Å². The van der Waals surface area contributed by atoms with Crippen LogP contribution >= 0.6 is 0 Å². The molecule has 25 heavy (non-hydrogen) atoms. The lowest BCUT2D eigenvalue weighted by molar-refractivity contribution is 0.110. The molecule has 0 aliphatic carbocycles. The van der Waals surface area contributed by atoms with Crippen molar-refractivity contribution in [3.8, 4) is 11.4 Å². The van der Waals surface area contributed by atoms with E-state index in [9.17, 15) is 4.39 Å². The van der Waals surface area contributed by atoms with Gasteiger partial charge in [0.25, 0.3) is 0 Å². The van der Waals surface area contributed by atoms with Gasteiger partial charge in [0.1, 0.15) is 5.82 Å². The topological polar surface area (TPSA) is 55.1 Å². The molecule has 0 saturated carbocycles. The molecule has 5 nitrogen and oxygen atoms in total. The Labute approximate surface area is 145 Å². The van der Waals surface area contributed by atoms with Crippen molar-refractivity contribution < 1.29 is 8.91 Å². The molecule has 3 aromatic rings. The fraction of sp³-hybridized carbons (Fsp3) is 0.316. The molecule has 1 saturated heterocycles. The SMILES string of the molecule is Fc1ccccc1CN1CCCC[C@@H]1c1nc(-c2cccnc2)no1. The molecule has 1 aromatic carbocycles. The molecule has 1 aliphatic heterocycles. The lowest BCUT2D eigenvalue weighted by Gasteiger charge is -2.33. The third-order valence-corrected chi connectivity index (χ3v) is 4.59. The van der Waals surface area contributed by atoms with Crippen molar-refractivity contribution in [3.05, 3.63) is 66.1 Å². The molecule has 1 fully saturated rings. The summed E-state index contributed by atoms with van der Waals surface area (Å²) in [5.41, 5.74) is 1.52. The molecule has 6 heteroatoms. The first-order valence-electron chi connectivity index (χ1n) is 8.53. The zero-order valence-electron chi connectivity index (χ0n) is 13.8. The van der Waals surface area contributed by atoms with Gasteiger partial charge >= 0.3 is 0 Å². The Hall–Kier alpha value is -2.60. The predicted molar refractivity (Wildman–Crippen MR) is 90.9 cm³/mol. The number of piperidine rings is 1. The Morgan fingerprint density at radius 3 is 2.92 bits per heavy atom. The van der Waals surface area contributed by atoms with Crippen LogP contribution in [0.15, 0.2) is 53.3 Å². The average molecular weight is 338 g/mol. The van der Waals surface area contributed by atoms with Crippen LogP contribution in [-0.4, -0.2) is 26.6 Å². The van der Waals surface area contributed by atoms with Gasteiger partial charge in [-0.1, -0.05) is 29.8 Å². The molecule has 0 spiro atoms. The summed E-state index contributed by atoms with van der Waals surface area (Å²) >= 11 is 0. The third kappa shape index (κ3) is 3.44. The van der Waals surface area contributed by atoms with Gasteiger partial charge in [-0.3, -0.25) is 9.88 Å². The first-order chi connectivity index (χ1) is 12.3. The molecule has 1 atom stereocenters. The minimum Gasteiger partial charge on any atom is -0.337 e. The summed E-state index contributed by atoms with van der Waals surface area (Å²) in [6, 6.07) is 10.7. The third-order valence-electron chi connectivity index (χ3n) is 4.59. The molecule has 2 aromatic heterocycles. The van der Waals surface area contributed by atoms with E-state index < -0.39 is 0 Å². The number of rotatable bonds is 4. The van der Waals surface area contributed by atoms with E-state index in [-0.39, 0.29) is 11.9 Å². The van der Waals surface area contributed by atoms with Crippen molar-refractivity contribution in [2.75, 3.05) is 6.54 Å². The van der Waals surface area contributed by atoms with E-state index in [1.165, 1.54) is 6.07 Å². The Bertz CT molecular complexity index is 836. The fourth-order valence-corrected chi connectivity index (χ4v) is 3.29. The molecule has 1 aliphatic rings. The standard InChI is InChI=1S/C19H19FN4O/c20-16-8-2-1-6-15(16)13-24-11-4-3-9-17(24)19-22-18(23-25-19)14-7-5-10-21-12-14/h1-2,5-8,10,12,17H,3-4,9,11,13H2/t17-/m1/s1. The number of pyridine rings is 1. The Morgan fingerprint density at radius 1 is 1.16 bits per heavy atom. The number of hydrogen-bond acceptors (Lipinski definition) is 5. The van der Waals surface area contributed by atoms with Crippen molar-refractivity contribution in [3.63, 3.8) is 0 Å². The zero-order chi connectivity index (χ0) is 17.1. The quantitative estimate of drug-likeness (QED) is 0.720. The highest BCUT2D eigenvalue weighted by molar-refractivity contribution is 5.51. The highest BCUT2D eigenvalue weighted by atomic mass is 19.1. The fourth-order valence-electron chi connectivity index (χ4n) is 3.29.